The van der Waals surface area contributed by atoms with Crippen LogP contribution in [0.15, 0.2) is 22.7 Å². The molecular formula is C15H20BrNO3. The van der Waals surface area contributed by atoms with Gasteiger partial charge in [0, 0.05) is 17.6 Å². The van der Waals surface area contributed by atoms with Crippen LogP contribution in [0.5, 0.6) is 0 Å². The van der Waals surface area contributed by atoms with Gasteiger partial charge in [-0.2, -0.15) is 0 Å². The highest BCUT2D eigenvalue weighted by Crippen LogP contribution is 2.27. The molecule has 0 bridgehead atoms. The van der Waals surface area contributed by atoms with E-state index in [1.165, 1.54) is 0 Å². The van der Waals surface area contributed by atoms with Crippen molar-refractivity contribution in [3.63, 3.8) is 0 Å². The number of nitrogens with zero attached hydrogens (tertiary/aromatic N) is 1. The standard InChI is InChI=1S/C15H20BrNO3/c1-15(2,3)20-14(18)12-10-11(16)4-5-13(12)17-6-8-19-9-7-17/h4-5,10H,6-9H2,1-3H3. The van der Waals surface area contributed by atoms with E-state index in [1.807, 2.05) is 39.0 Å². The Labute approximate surface area is 128 Å². The molecule has 1 aliphatic heterocycles. The van der Waals surface area contributed by atoms with Gasteiger partial charge in [0.05, 0.1) is 24.5 Å². The fraction of sp³-hybridized carbons (Fsp3) is 0.533. The molecule has 1 heterocycles. The largest absolute Gasteiger partial charge is 0.456 e. The zero-order valence-corrected chi connectivity index (χ0v) is 13.7. The minimum absolute atomic E-state index is 0.291. The van der Waals surface area contributed by atoms with Crippen molar-refractivity contribution in [1.29, 1.82) is 0 Å². The quantitative estimate of drug-likeness (QED) is 0.774. The van der Waals surface area contributed by atoms with Gasteiger partial charge in [-0.15, -0.1) is 0 Å². The second-order valence-electron chi connectivity index (χ2n) is 5.76. The number of hydrogen-bond donors (Lipinski definition) is 0. The average Bonchev–Trinajstić information content (AvgIpc) is 2.37. The van der Waals surface area contributed by atoms with Crippen molar-refractivity contribution in [3.8, 4) is 0 Å². The van der Waals surface area contributed by atoms with Crippen LogP contribution in [0.4, 0.5) is 5.69 Å². The zero-order valence-electron chi connectivity index (χ0n) is 12.1. The number of anilines is 1. The summed E-state index contributed by atoms with van der Waals surface area (Å²) in [4.78, 5) is 14.5. The number of esters is 1. The summed E-state index contributed by atoms with van der Waals surface area (Å²) in [5, 5.41) is 0. The van der Waals surface area contributed by atoms with E-state index in [-0.39, 0.29) is 5.97 Å². The maximum Gasteiger partial charge on any atom is 0.340 e. The molecule has 20 heavy (non-hydrogen) atoms. The molecule has 4 nitrogen and oxygen atoms in total. The van der Waals surface area contributed by atoms with Crippen molar-refractivity contribution in [1.82, 2.24) is 0 Å². The van der Waals surface area contributed by atoms with Crippen molar-refractivity contribution in [2.24, 2.45) is 0 Å². The van der Waals surface area contributed by atoms with Crippen LogP contribution in [0.2, 0.25) is 0 Å². The van der Waals surface area contributed by atoms with Crippen molar-refractivity contribution in [2.75, 3.05) is 31.2 Å². The van der Waals surface area contributed by atoms with Gasteiger partial charge < -0.3 is 14.4 Å². The molecule has 1 fully saturated rings. The SMILES string of the molecule is CC(C)(C)OC(=O)c1cc(Br)ccc1N1CCOCC1. The first-order chi connectivity index (χ1) is 9.37. The normalized spacial score (nSPS) is 16.1. The van der Waals surface area contributed by atoms with Crippen LogP contribution in [-0.4, -0.2) is 37.9 Å². The molecule has 5 heteroatoms. The third-order valence-corrected chi connectivity index (χ3v) is 3.42. The van der Waals surface area contributed by atoms with Gasteiger partial charge in [-0.3, -0.25) is 0 Å². The van der Waals surface area contributed by atoms with E-state index in [9.17, 15) is 4.79 Å². The Morgan fingerprint density at radius 2 is 1.95 bits per heavy atom. The second-order valence-corrected chi connectivity index (χ2v) is 6.68. The number of morpholine rings is 1. The van der Waals surface area contributed by atoms with Gasteiger partial charge in [-0.05, 0) is 39.0 Å². The summed E-state index contributed by atoms with van der Waals surface area (Å²) in [6.07, 6.45) is 0. The Balaban J connectivity index is 2.30. The highest BCUT2D eigenvalue weighted by Gasteiger charge is 2.23. The number of carbonyl (C=O) groups is 1. The third-order valence-electron chi connectivity index (χ3n) is 2.93. The summed E-state index contributed by atoms with van der Waals surface area (Å²) >= 11 is 3.42. The Hall–Kier alpha value is -1.07. The molecule has 1 aromatic rings. The number of carbonyl (C=O) groups excluding carboxylic acids is 1. The summed E-state index contributed by atoms with van der Waals surface area (Å²) in [7, 11) is 0. The summed E-state index contributed by atoms with van der Waals surface area (Å²) in [6, 6.07) is 5.71. The predicted molar refractivity (Wildman–Crippen MR) is 82.3 cm³/mol. The Morgan fingerprint density at radius 3 is 2.55 bits per heavy atom. The summed E-state index contributed by atoms with van der Waals surface area (Å²) in [6.45, 7) is 8.56. The number of rotatable bonds is 2. The van der Waals surface area contributed by atoms with Gasteiger partial charge >= 0.3 is 5.97 Å². The lowest BCUT2D eigenvalue weighted by molar-refractivity contribution is 0.00697. The van der Waals surface area contributed by atoms with E-state index >= 15 is 0 Å². The average molecular weight is 342 g/mol. The minimum Gasteiger partial charge on any atom is -0.456 e. The van der Waals surface area contributed by atoms with Crippen LogP contribution in [0.3, 0.4) is 0 Å². The highest BCUT2D eigenvalue weighted by molar-refractivity contribution is 9.10. The van der Waals surface area contributed by atoms with E-state index < -0.39 is 5.60 Å². The molecule has 0 N–H and O–H groups in total. The van der Waals surface area contributed by atoms with Crippen molar-refractivity contribution < 1.29 is 14.3 Å². The third kappa shape index (κ3) is 3.96. The molecule has 0 unspecified atom stereocenters. The number of ether oxygens (including phenoxy) is 2. The van der Waals surface area contributed by atoms with E-state index in [1.54, 1.807) is 0 Å². The lowest BCUT2D eigenvalue weighted by Gasteiger charge is -2.31. The number of hydrogen-bond acceptors (Lipinski definition) is 4. The smallest absolute Gasteiger partial charge is 0.340 e. The number of halogens is 1. The highest BCUT2D eigenvalue weighted by atomic mass is 79.9. The first kappa shape index (κ1) is 15.3. The van der Waals surface area contributed by atoms with Crippen LogP contribution in [0.1, 0.15) is 31.1 Å². The van der Waals surface area contributed by atoms with Crippen molar-refractivity contribution in [2.45, 2.75) is 26.4 Å². The molecule has 2 rings (SSSR count). The van der Waals surface area contributed by atoms with E-state index in [2.05, 4.69) is 20.8 Å². The molecule has 1 saturated heterocycles. The fourth-order valence-corrected chi connectivity index (χ4v) is 2.45. The van der Waals surface area contributed by atoms with Crippen molar-refractivity contribution >= 4 is 27.6 Å². The second kappa shape index (κ2) is 6.14. The van der Waals surface area contributed by atoms with Gasteiger partial charge in [-0.25, -0.2) is 4.79 Å². The van der Waals surface area contributed by atoms with E-state index in [0.717, 1.165) is 23.2 Å². The summed E-state index contributed by atoms with van der Waals surface area (Å²) in [5.41, 5.74) is 1.00. The molecule has 0 aliphatic carbocycles. The van der Waals surface area contributed by atoms with Gasteiger partial charge in [0.25, 0.3) is 0 Å². The van der Waals surface area contributed by atoms with Crippen LogP contribution >= 0.6 is 15.9 Å². The fourth-order valence-electron chi connectivity index (χ4n) is 2.08. The van der Waals surface area contributed by atoms with Crippen molar-refractivity contribution in [3.05, 3.63) is 28.2 Å². The molecule has 1 aromatic carbocycles. The Bertz CT molecular complexity index is 490. The predicted octanol–water partition coefficient (Wildman–Crippen LogP) is 3.24. The minimum atomic E-state index is -0.498. The molecular weight excluding hydrogens is 322 g/mol. The molecule has 110 valence electrons. The van der Waals surface area contributed by atoms with E-state index in [4.69, 9.17) is 9.47 Å². The zero-order chi connectivity index (χ0) is 14.8. The molecule has 0 aromatic heterocycles. The topological polar surface area (TPSA) is 38.8 Å². The Kier molecular flexibility index (Phi) is 4.70. The Morgan fingerprint density at radius 1 is 1.30 bits per heavy atom. The van der Waals surface area contributed by atoms with E-state index in [0.29, 0.717) is 18.8 Å². The van der Waals surface area contributed by atoms with Gasteiger partial charge in [0.2, 0.25) is 0 Å². The first-order valence-corrected chi connectivity index (χ1v) is 7.52. The number of benzene rings is 1. The van der Waals surface area contributed by atoms with Gasteiger partial charge in [0.1, 0.15) is 5.60 Å². The molecule has 0 saturated carbocycles. The van der Waals surface area contributed by atoms with Crippen LogP contribution < -0.4 is 4.90 Å². The van der Waals surface area contributed by atoms with Crippen LogP contribution in [0, 0.1) is 0 Å². The molecule has 0 atom stereocenters. The molecule has 0 spiro atoms. The lowest BCUT2D eigenvalue weighted by Crippen LogP contribution is -2.37. The maximum absolute atomic E-state index is 12.4. The maximum atomic E-state index is 12.4. The summed E-state index contributed by atoms with van der Waals surface area (Å²) < 4.78 is 11.7. The molecule has 0 radical (unpaired) electrons. The van der Waals surface area contributed by atoms with Gasteiger partial charge in [-0.1, -0.05) is 15.9 Å². The first-order valence-electron chi connectivity index (χ1n) is 6.72. The molecule has 1 aliphatic rings. The van der Waals surface area contributed by atoms with Gasteiger partial charge in [0.15, 0.2) is 0 Å². The monoisotopic (exact) mass is 341 g/mol. The molecule has 0 amide bonds. The lowest BCUT2D eigenvalue weighted by atomic mass is 10.1. The van der Waals surface area contributed by atoms with Crippen LogP contribution in [-0.2, 0) is 9.47 Å². The van der Waals surface area contributed by atoms with Crippen LogP contribution in [0.25, 0.3) is 0 Å². The summed E-state index contributed by atoms with van der Waals surface area (Å²) in [5.74, 6) is -0.291.